The molecule has 84 valence electrons. The Kier molecular flexibility index (Phi) is 3.08. The first-order valence-corrected chi connectivity index (χ1v) is 4.85. The SMILES string of the molecule is COc1cc(CN=C=O)c2c(c1)OCCO2. The number of nitrogens with zero attached hydrogens (tertiary/aromatic N) is 1. The van der Waals surface area contributed by atoms with Crippen LogP contribution in [-0.4, -0.2) is 26.4 Å². The van der Waals surface area contributed by atoms with E-state index in [0.717, 1.165) is 5.56 Å². The molecule has 1 aliphatic heterocycles. The highest BCUT2D eigenvalue weighted by molar-refractivity contribution is 5.53. The maximum atomic E-state index is 10.1. The van der Waals surface area contributed by atoms with Gasteiger partial charge >= 0.3 is 0 Å². The summed E-state index contributed by atoms with van der Waals surface area (Å²) in [4.78, 5) is 13.6. The average Bonchev–Trinajstić information content (AvgIpc) is 2.35. The molecule has 0 N–H and O–H groups in total. The predicted molar refractivity (Wildman–Crippen MR) is 55.8 cm³/mol. The number of aliphatic imine (C=N–C) groups is 1. The van der Waals surface area contributed by atoms with Gasteiger partial charge < -0.3 is 14.2 Å². The lowest BCUT2D eigenvalue weighted by Crippen LogP contribution is -2.16. The summed E-state index contributed by atoms with van der Waals surface area (Å²) in [5.74, 6) is 1.91. The van der Waals surface area contributed by atoms with E-state index in [4.69, 9.17) is 14.2 Å². The molecule has 0 bridgehead atoms. The van der Waals surface area contributed by atoms with Gasteiger partial charge in [-0.3, -0.25) is 0 Å². The zero-order chi connectivity index (χ0) is 11.4. The van der Waals surface area contributed by atoms with Gasteiger partial charge in [0.2, 0.25) is 6.08 Å². The second-order valence-electron chi connectivity index (χ2n) is 3.22. The van der Waals surface area contributed by atoms with Crippen LogP contribution >= 0.6 is 0 Å². The molecule has 0 saturated heterocycles. The normalized spacial score (nSPS) is 12.8. The lowest BCUT2D eigenvalue weighted by molar-refractivity contribution is 0.169. The van der Waals surface area contributed by atoms with Crippen LogP contribution < -0.4 is 14.2 Å². The third-order valence-electron chi connectivity index (χ3n) is 2.24. The van der Waals surface area contributed by atoms with E-state index in [1.54, 1.807) is 19.2 Å². The van der Waals surface area contributed by atoms with Crippen molar-refractivity contribution in [2.24, 2.45) is 4.99 Å². The van der Waals surface area contributed by atoms with E-state index in [2.05, 4.69) is 4.99 Å². The Morgan fingerprint density at radius 3 is 3.00 bits per heavy atom. The van der Waals surface area contributed by atoms with Crippen molar-refractivity contribution in [2.45, 2.75) is 6.54 Å². The van der Waals surface area contributed by atoms with Gasteiger partial charge in [0.25, 0.3) is 0 Å². The molecule has 0 unspecified atom stereocenters. The number of benzene rings is 1. The number of hydrogen-bond donors (Lipinski definition) is 0. The maximum absolute atomic E-state index is 10.1. The lowest BCUT2D eigenvalue weighted by Gasteiger charge is -2.21. The topological polar surface area (TPSA) is 57.1 Å². The van der Waals surface area contributed by atoms with E-state index in [0.29, 0.717) is 30.5 Å². The van der Waals surface area contributed by atoms with Crippen molar-refractivity contribution in [1.29, 1.82) is 0 Å². The van der Waals surface area contributed by atoms with E-state index < -0.39 is 0 Å². The van der Waals surface area contributed by atoms with Crippen LogP contribution in [0.5, 0.6) is 17.2 Å². The van der Waals surface area contributed by atoms with Crippen LogP contribution in [0.25, 0.3) is 0 Å². The molecule has 0 atom stereocenters. The molecule has 5 heteroatoms. The Morgan fingerprint density at radius 2 is 2.25 bits per heavy atom. The number of hydrogen-bond acceptors (Lipinski definition) is 5. The molecule has 2 rings (SSSR count). The Labute approximate surface area is 92.6 Å². The minimum Gasteiger partial charge on any atom is -0.497 e. The Bertz CT molecular complexity index is 438. The molecule has 0 spiro atoms. The fourth-order valence-corrected chi connectivity index (χ4v) is 1.55. The molecule has 0 aliphatic carbocycles. The van der Waals surface area contributed by atoms with Crippen LogP contribution in [0.2, 0.25) is 0 Å². The summed E-state index contributed by atoms with van der Waals surface area (Å²) in [6.07, 6.45) is 1.50. The zero-order valence-corrected chi connectivity index (χ0v) is 8.86. The average molecular weight is 221 g/mol. The highest BCUT2D eigenvalue weighted by atomic mass is 16.6. The van der Waals surface area contributed by atoms with Crippen molar-refractivity contribution in [1.82, 2.24) is 0 Å². The van der Waals surface area contributed by atoms with Gasteiger partial charge in [0, 0.05) is 11.6 Å². The number of carbonyl (C=O) groups excluding carboxylic acids is 1. The van der Waals surface area contributed by atoms with Crippen LogP contribution in [0.1, 0.15) is 5.56 Å². The van der Waals surface area contributed by atoms with Crippen LogP contribution in [-0.2, 0) is 11.3 Å². The summed E-state index contributed by atoms with van der Waals surface area (Å²) in [7, 11) is 1.57. The Morgan fingerprint density at radius 1 is 1.44 bits per heavy atom. The summed E-state index contributed by atoms with van der Waals surface area (Å²) in [6, 6.07) is 3.52. The number of ether oxygens (including phenoxy) is 3. The van der Waals surface area contributed by atoms with E-state index in [1.165, 1.54) is 6.08 Å². The minimum atomic E-state index is 0.215. The molecule has 16 heavy (non-hydrogen) atoms. The van der Waals surface area contributed by atoms with Gasteiger partial charge in [-0.05, 0) is 6.07 Å². The van der Waals surface area contributed by atoms with Crippen molar-refractivity contribution < 1.29 is 19.0 Å². The largest absolute Gasteiger partial charge is 0.497 e. The predicted octanol–water partition coefficient (Wildman–Crippen LogP) is 1.30. The monoisotopic (exact) mass is 221 g/mol. The summed E-state index contributed by atoms with van der Waals surface area (Å²) >= 11 is 0. The van der Waals surface area contributed by atoms with Gasteiger partial charge in [0.1, 0.15) is 19.0 Å². The summed E-state index contributed by atoms with van der Waals surface area (Å²) in [5.41, 5.74) is 0.761. The molecule has 0 fully saturated rings. The van der Waals surface area contributed by atoms with E-state index in [9.17, 15) is 4.79 Å². The molecule has 1 aromatic carbocycles. The number of fused-ring (bicyclic) bond motifs is 1. The Hall–Kier alpha value is -2.00. The first-order valence-electron chi connectivity index (χ1n) is 4.85. The number of isocyanates is 1. The maximum Gasteiger partial charge on any atom is 0.235 e. The van der Waals surface area contributed by atoms with Crippen LogP contribution in [0.15, 0.2) is 17.1 Å². The van der Waals surface area contributed by atoms with E-state index in [-0.39, 0.29) is 6.54 Å². The molecule has 1 heterocycles. The van der Waals surface area contributed by atoms with Gasteiger partial charge in [-0.25, -0.2) is 9.79 Å². The highest BCUT2D eigenvalue weighted by Gasteiger charge is 2.17. The van der Waals surface area contributed by atoms with E-state index in [1.807, 2.05) is 0 Å². The van der Waals surface area contributed by atoms with Crippen LogP contribution in [0.4, 0.5) is 0 Å². The minimum absolute atomic E-state index is 0.215. The summed E-state index contributed by atoms with van der Waals surface area (Å²) < 4.78 is 16.0. The standard InChI is InChI=1S/C11H11NO4/c1-14-9-4-8(6-12-7-13)11-10(5-9)15-2-3-16-11/h4-5H,2-3,6H2,1H3. The Balaban J connectivity index is 2.42. The van der Waals surface area contributed by atoms with Gasteiger partial charge in [0.15, 0.2) is 11.5 Å². The summed E-state index contributed by atoms with van der Waals surface area (Å²) in [5, 5.41) is 0. The van der Waals surface area contributed by atoms with Crippen molar-refractivity contribution in [3.8, 4) is 17.2 Å². The number of methoxy groups -OCH3 is 1. The smallest absolute Gasteiger partial charge is 0.235 e. The highest BCUT2D eigenvalue weighted by Crippen LogP contribution is 2.38. The second kappa shape index (κ2) is 4.68. The van der Waals surface area contributed by atoms with Gasteiger partial charge in [-0.1, -0.05) is 0 Å². The van der Waals surface area contributed by atoms with Gasteiger partial charge in [-0.15, -0.1) is 0 Å². The molecule has 0 aromatic heterocycles. The first-order chi connectivity index (χ1) is 7.85. The van der Waals surface area contributed by atoms with Crippen LogP contribution in [0, 0.1) is 0 Å². The van der Waals surface area contributed by atoms with Crippen molar-refractivity contribution in [3.05, 3.63) is 17.7 Å². The van der Waals surface area contributed by atoms with Gasteiger partial charge in [-0.2, -0.15) is 0 Å². The molecule has 1 aliphatic rings. The molecule has 5 nitrogen and oxygen atoms in total. The number of rotatable bonds is 3. The first kappa shape index (κ1) is 10.5. The van der Waals surface area contributed by atoms with Crippen molar-refractivity contribution in [3.63, 3.8) is 0 Å². The fraction of sp³-hybridized carbons (Fsp3) is 0.364. The van der Waals surface area contributed by atoms with E-state index >= 15 is 0 Å². The van der Waals surface area contributed by atoms with Crippen molar-refractivity contribution >= 4 is 6.08 Å². The molecule has 0 radical (unpaired) electrons. The third-order valence-corrected chi connectivity index (χ3v) is 2.24. The second-order valence-corrected chi connectivity index (χ2v) is 3.22. The van der Waals surface area contributed by atoms with Crippen LogP contribution in [0.3, 0.4) is 0 Å². The third kappa shape index (κ3) is 1.99. The molecular weight excluding hydrogens is 210 g/mol. The van der Waals surface area contributed by atoms with Crippen molar-refractivity contribution in [2.75, 3.05) is 20.3 Å². The fourth-order valence-electron chi connectivity index (χ4n) is 1.55. The zero-order valence-electron chi connectivity index (χ0n) is 8.86. The molecule has 0 amide bonds. The van der Waals surface area contributed by atoms with Gasteiger partial charge in [0.05, 0.1) is 13.7 Å². The lowest BCUT2D eigenvalue weighted by atomic mass is 10.1. The summed E-state index contributed by atoms with van der Waals surface area (Å²) in [6.45, 7) is 1.22. The molecular formula is C11H11NO4. The molecule has 1 aromatic rings. The quantitative estimate of drug-likeness (QED) is 0.570. The molecule has 0 saturated carbocycles.